The molecule has 0 amide bonds. The highest BCUT2D eigenvalue weighted by atomic mass is 32.1. The first-order chi connectivity index (χ1) is 14.8. The van der Waals surface area contributed by atoms with Crippen LogP contribution in [0.4, 0.5) is 0 Å². The van der Waals surface area contributed by atoms with Crippen LogP contribution in [0.2, 0.25) is 0 Å². The fourth-order valence-corrected chi connectivity index (χ4v) is 4.19. The van der Waals surface area contributed by atoms with E-state index < -0.39 is 0 Å². The van der Waals surface area contributed by atoms with Crippen molar-refractivity contribution in [1.82, 2.24) is 14.8 Å². The van der Waals surface area contributed by atoms with Gasteiger partial charge in [-0.15, -0.1) is 11.3 Å². The second-order valence-electron chi connectivity index (χ2n) is 6.79. The zero-order valence-corrected chi connectivity index (χ0v) is 17.2. The molecule has 5 rings (SSSR count). The highest BCUT2D eigenvalue weighted by molar-refractivity contribution is 7.19. The quantitative estimate of drug-likeness (QED) is 0.341. The molecule has 5 heteroatoms. The van der Waals surface area contributed by atoms with Crippen LogP contribution >= 0.6 is 11.3 Å². The molecule has 2 heterocycles. The molecule has 30 heavy (non-hydrogen) atoms. The highest BCUT2D eigenvalue weighted by Crippen LogP contribution is 2.28. The summed E-state index contributed by atoms with van der Waals surface area (Å²) in [6.07, 6.45) is 6.20. The van der Waals surface area contributed by atoms with Crippen LogP contribution < -0.4 is 4.74 Å². The van der Waals surface area contributed by atoms with Crippen molar-refractivity contribution in [3.8, 4) is 22.7 Å². The van der Waals surface area contributed by atoms with E-state index in [-0.39, 0.29) is 0 Å². The zero-order valence-electron chi connectivity index (χ0n) is 16.4. The van der Waals surface area contributed by atoms with E-state index in [0.29, 0.717) is 0 Å². The smallest absolute Gasteiger partial charge is 0.118 e. The monoisotopic (exact) mass is 409 g/mol. The van der Waals surface area contributed by atoms with Crippen LogP contribution in [0.5, 0.6) is 5.75 Å². The molecule has 0 spiro atoms. The maximum Gasteiger partial charge on any atom is 0.118 e. The first kappa shape index (κ1) is 18.3. The van der Waals surface area contributed by atoms with Crippen molar-refractivity contribution in [2.45, 2.75) is 0 Å². The summed E-state index contributed by atoms with van der Waals surface area (Å²) < 4.78 is 8.40. The molecule has 2 aromatic heterocycles. The molecule has 0 saturated heterocycles. The molecule has 3 aromatic carbocycles. The number of rotatable bonds is 5. The molecule has 0 bridgehead atoms. The summed E-state index contributed by atoms with van der Waals surface area (Å²) in [5.41, 5.74) is 5.03. The standard InChI is InChI=1S/C25H19N3OS/c1-29-21-14-11-18(12-15-21)25-19(17-28(27-25)20-7-3-2-4-8-20)13-16-24-26-22-9-5-6-10-23(22)30-24/h2-17H,1H3/b16-13+. The number of methoxy groups -OCH3 is 1. The van der Waals surface area contributed by atoms with E-state index in [1.807, 2.05) is 77.5 Å². The van der Waals surface area contributed by atoms with Gasteiger partial charge < -0.3 is 4.74 Å². The van der Waals surface area contributed by atoms with Gasteiger partial charge in [-0.3, -0.25) is 0 Å². The first-order valence-electron chi connectivity index (χ1n) is 9.63. The third-order valence-electron chi connectivity index (χ3n) is 4.84. The molecule has 0 aliphatic carbocycles. The van der Waals surface area contributed by atoms with Gasteiger partial charge in [-0.05, 0) is 60.7 Å². The molecule has 0 fully saturated rings. The largest absolute Gasteiger partial charge is 0.497 e. The van der Waals surface area contributed by atoms with E-state index in [4.69, 9.17) is 14.8 Å². The van der Waals surface area contributed by atoms with Gasteiger partial charge in [-0.25, -0.2) is 9.67 Å². The van der Waals surface area contributed by atoms with E-state index in [2.05, 4.69) is 24.4 Å². The maximum atomic E-state index is 5.30. The number of ether oxygens (including phenoxy) is 1. The van der Waals surface area contributed by atoms with Crippen molar-refractivity contribution in [2.75, 3.05) is 7.11 Å². The predicted molar refractivity (Wildman–Crippen MR) is 124 cm³/mol. The highest BCUT2D eigenvalue weighted by Gasteiger charge is 2.11. The van der Waals surface area contributed by atoms with Crippen molar-refractivity contribution < 1.29 is 4.74 Å². The van der Waals surface area contributed by atoms with E-state index in [9.17, 15) is 0 Å². The Bertz CT molecular complexity index is 1280. The molecule has 0 saturated carbocycles. The van der Waals surface area contributed by atoms with E-state index >= 15 is 0 Å². The molecule has 0 aliphatic heterocycles. The average Bonchev–Trinajstić information content (AvgIpc) is 3.42. The van der Waals surface area contributed by atoms with Crippen LogP contribution in [-0.2, 0) is 0 Å². The maximum absolute atomic E-state index is 5.30. The summed E-state index contributed by atoms with van der Waals surface area (Å²) in [4.78, 5) is 4.71. The Labute approximate surface area is 178 Å². The number of fused-ring (bicyclic) bond motifs is 1. The van der Waals surface area contributed by atoms with Crippen molar-refractivity contribution >= 4 is 33.7 Å². The summed E-state index contributed by atoms with van der Waals surface area (Å²) in [6.45, 7) is 0. The SMILES string of the molecule is COc1ccc(-c2nn(-c3ccccc3)cc2/C=C/c2nc3ccccc3s2)cc1. The Morgan fingerprint density at radius 1 is 0.867 bits per heavy atom. The molecule has 0 atom stereocenters. The van der Waals surface area contributed by atoms with E-state index in [1.54, 1.807) is 18.4 Å². The fourth-order valence-electron chi connectivity index (χ4n) is 3.32. The van der Waals surface area contributed by atoms with Crippen LogP contribution in [0.15, 0.2) is 85.1 Å². The molecule has 4 nitrogen and oxygen atoms in total. The Morgan fingerprint density at radius 3 is 2.40 bits per heavy atom. The average molecular weight is 410 g/mol. The molecule has 146 valence electrons. The second kappa shape index (κ2) is 7.97. The number of hydrogen-bond donors (Lipinski definition) is 0. The molecular weight excluding hydrogens is 390 g/mol. The Morgan fingerprint density at radius 2 is 1.63 bits per heavy atom. The summed E-state index contributed by atoms with van der Waals surface area (Å²) in [7, 11) is 1.67. The summed E-state index contributed by atoms with van der Waals surface area (Å²) >= 11 is 1.68. The third kappa shape index (κ3) is 3.63. The molecule has 0 unspecified atom stereocenters. The van der Waals surface area contributed by atoms with Gasteiger partial charge >= 0.3 is 0 Å². The van der Waals surface area contributed by atoms with Crippen LogP contribution in [-0.4, -0.2) is 21.9 Å². The number of benzene rings is 3. The number of aromatic nitrogens is 3. The lowest BCUT2D eigenvalue weighted by molar-refractivity contribution is 0.415. The van der Waals surface area contributed by atoms with Gasteiger partial charge in [0.2, 0.25) is 0 Å². The number of nitrogens with zero attached hydrogens (tertiary/aromatic N) is 3. The van der Waals surface area contributed by atoms with Gasteiger partial charge in [-0.1, -0.05) is 30.3 Å². The van der Waals surface area contributed by atoms with Crippen molar-refractivity contribution in [2.24, 2.45) is 0 Å². The van der Waals surface area contributed by atoms with Gasteiger partial charge in [0, 0.05) is 17.3 Å². The Balaban J connectivity index is 1.56. The van der Waals surface area contributed by atoms with Gasteiger partial charge in [0.05, 0.1) is 28.7 Å². The number of thiazole rings is 1. The first-order valence-corrected chi connectivity index (χ1v) is 10.4. The molecule has 0 N–H and O–H groups in total. The minimum Gasteiger partial charge on any atom is -0.497 e. The van der Waals surface area contributed by atoms with Crippen molar-refractivity contribution in [3.05, 3.63) is 95.6 Å². The van der Waals surface area contributed by atoms with Crippen molar-refractivity contribution in [3.63, 3.8) is 0 Å². The summed E-state index contributed by atoms with van der Waals surface area (Å²) in [5.74, 6) is 0.827. The van der Waals surface area contributed by atoms with Gasteiger partial charge in [0.25, 0.3) is 0 Å². The van der Waals surface area contributed by atoms with E-state index in [1.165, 1.54) is 4.70 Å². The van der Waals surface area contributed by atoms with Gasteiger partial charge in [0.1, 0.15) is 10.8 Å². The number of para-hydroxylation sites is 2. The Hall–Kier alpha value is -3.70. The fraction of sp³-hybridized carbons (Fsp3) is 0.0400. The van der Waals surface area contributed by atoms with Crippen LogP contribution in [0, 0.1) is 0 Å². The lowest BCUT2D eigenvalue weighted by atomic mass is 10.1. The predicted octanol–water partition coefficient (Wildman–Crippen LogP) is 6.33. The number of hydrogen-bond acceptors (Lipinski definition) is 4. The van der Waals surface area contributed by atoms with Gasteiger partial charge in [-0.2, -0.15) is 5.10 Å². The lowest BCUT2D eigenvalue weighted by Crippen LogP contribution is -1.94. The van der Waals surface area contributed by atoms with Crippen LogP contribution in [0.3, 0.4) is 0 Å². The molecule has 0 aliphatic rings. The topological polar surface area (TPSA) is 39.9 Å². The normalized spacial score (nSPS) is 11.4. The van der Waals surface area contributed by atoms with Crippen LogP contribution in [0.1, 0.15) is 10.6 Å². The molecular formula is C25H19N3OS. The minimum absolute atomic E-state index is 0.827. The third-order valence-corrected chi connectivity index (χ3v) is 5.84. The van der Waals surface area contributed by atoms with Crippen LogP contribution in [0.25, 0.3) is 39.3 Å². The summed E-state index contributed by atoms with van der Waals surface area (Å²) in [5, 5.41) is 5.85. The second-order valence-corrected chi connectivity index (χ2v) is 7.86. The van der Waals surface area contributed by atoms with Gasteiger partial charge in [0.15, 0.2) is 0 Å². The Kier molecular flexibility index (Phi) is 4.87. The molecule has 0 radical (unpaired) electrons. The van der Waals surface area contributed by atoms with Crippen molar-refractivity contribution in [1.29, 1.82) is 0 Å². The zero-order chi connectivity index (χ0) is 20.3. The molecule has 5 aromatic rings. The summed E-state index contributed by atoms with van der Waals surface area (Å²) in [6, 6.07) is 26.3. The van der Waals surface area contributed by atoms with E-state index in [0.717, 1.165) is 38.8 Å². The lowest BCUT2D eigenvalue weighted by Gasteiger charge is -2.02. The minimum atomic E-state index is 0.827.